The Morgan fingerprint density at radius 2 is 2.10 bits per heavy atom. The second-order valence-corrected chi connectivity index (χ2v) is 9.07. The van der Waals surface area contributed by atoms with Gasteiger partial charge in [0.25, 0.3) is 5.91 Å². The van der Waals surface area contributed by atoms with E-state index in [0.717, 1.165) is 11.4 Å². The molecule has 162 valence electrons. The van der Waals surface area contributed by atoms with Gasteiger partial charge < -0.3 is 24.7 Å². The zero-order valence-corrected chi connectivity index (χ0v) is 17.8. The van der Waals surface area contributed by atoms with Crippen LogP contribution in [-0.4, -0.2) is 53.4 Å². The van der Waals surface area contributed by atoms with Gasteiger partial charge in [-0.25, -0.2) is 0 Å². The Morgan fingerprint density at radius 3 is 2.63 bits per heavy atom. The first-order valence-electron chi connectivity index (χ1n) is 10.6. The van der Waals surface area contributed by atoms with Gasteiger partial charge in [-0.3, -0.25) is 9.59 Å². The van der Waals surface area contributed by atoms with Crippen LogP contribution in [0.1, 0.15) is 39.2 Å². The fourth-order valence-corrected chi connectivity index (χ4v) is 5.53. The lowest BCUT2D eigenvalue weighted by molar-refractivity contribution is -0.146. The van der Waals surface area contributed by atoms with E-state index in [1.165, 1.54) is 0 Å². The lowest BCUT2D eigenvalue weighted by Gasteiger charge is -2.34. The van der Waals surface area contributed by atoms with Crippen molar-refractivity contribution in [3.8, 4) is 0 Å². The first kappa shape index (κ1) is 21.0. The second-order valence-electron chi connectivity index (χ2n) is 9.07. The summed E-state index contributed by atoms with van der Waals surface area (Å²) in [6.07, 6.45) is 2.05. The van der Waals surface area contributed by atoms with Crippen LogP contribution >= 0.6 is 0 Å². The SMILES string of the molecule is C=CCN1C(=O)[C@]2(O[C@H](CCO)[C@@H](C(C)(C)O)[C@@H]2C)c2cc(N3CCC3=O)ccc21. The zero-order valence-electron chi connectivity index (χ0n) is 17.8. The minimum absolute atomic E-state index is 0.0594. The summed E-state index contributed by atoms with van der Waals surface area (Å²) in [5.41, 5.74) is -0.164. The normalized spacial score (nSPS) is 30.8. The number of nitrogens with zero attached hydrogens (tertiary/aromatic N) is 2. The molecule has 2 fully saturated rings. The summed E-state index contributed by atoms with van der Waals surface area (Å²) in [6.45, 7) is 10.1. The minimum Gasteiger partial charge on any atom is -0.396 e. The predicted molar refractivity (Wildman–Crippen MR) is 113 cm³/mol. The first-order valence-corrected chi connectivity index (χ1v) is 10.6. The molecular weight excluding hydrogens is 384 g/mol. The predicted octanol–water partition coefficient (Wildman–Crippen LogP) is 1.96. The highest BCUT2D eigenvalue weighted by Gasteiger charge is 2.65. The van der Waals surface area contributed by atoms with Crippen molar-refractivity contribution >= 4 is 23.2 Å². The van der Waals surface area contributed by atoms with Crippen LogP contribution < -0.4 is 9.80 Å². The number of β-lactam (4-membered cyclic amide) rings is 1. The van der Waals surface area contributed by atoms with Gasteiger partial charge in [-0.15, -0.1) is 6.58 Å². The van der Waals surface area contributed by atoms with E-state index < -0.39 is 17.3 Å². The number of carbonyl (C=O) groups is 2. The Balaban J connectivity index is 1.87. The Hall–Kier alpha value is -2.22. The van der Waals surface area contributed by atoms with Gasteiger partial charge in [-0.2, -0.15) is 0 Å². The van der Waals surface area contributed by atoms with Crippen molar-refractivity contribution in [2.45, 2.75) is 50.9 Å². The van der Waals surface area contributed by atoms with Gasteiger partial charge in [0.2, 0.25) is 5.91 Å². The highest BCUT2D eigenvalue weighted by molar-refractivity contribution is 6.09. The Bertz CT molecular complexity index is 892. The summed E-state index contributed by atoms with van der Waals surface area (Å²) >= 11 is 0. The van der Waals surface area contributed by atoms with E-state index in [0.29, 0.717) is 31.5 Å². The molecule has 2 N–H and O–H groups in total. The van der Waals surface area contributed by atoms with Gasteiger partial charge >= 0.3 is 0 Å². The summed E-state index contributed by atoms with van der Waals surface area (Å²) in [5, 5.41) is 20.5. The van der Waals surface area contributed by atoms with Crippen LogP contribution in [-0.2, 0) is 19.9 Å². The van der Waals surface area contributed by atoms with Crippen molar-refractivity contribution in [3.63, 3.8) is 0 Å². The van der Waals surface area contributed by atoms with Crippen LogP contribution in [0.3, 0.4) is 0 Å². The second kappa shape index (κ2) is 7.18. The molecule has 2 amide bonds. The largest absolute Gasteiger partial charge is 0.396 e. The molecular formula is C23H30N2O5. The van der Waals surface area contributed by atoms with Gasteiger partial charge in [0, 0.05) is 49.2 Å². The highest BCUT2D eigenvalue weighted by Crippen LogP contribution is 2.58. The smallest absolute Gasteiger partial charge is 0.264 e. The molecule has 0 unspecified atom stereocenters. The van der Waals surface area contributed by atoms with Crippen molar-refractivity contribution in [2.24, 2.45) is 11.8 Å². The maximum atomic E-state index is 13.8. The molecule has 3 aliphatic rings. The summed E-state index contributed by atoms with van der Waals surface area (Å²) in [4.78, 5) is 29.1. The van der Waals surface area contributed by atoms with Crippen molar-refractivity contribution in [2.75, 3.05) is 29.5 Å². The number of fused-ring (bicyclic) bond motifs is 2. The lowest BCUT2D eigenvalue weighted by atomic mass is 9.71. The van der Waals surface area contributed by atoms with E-state index in [2.05, 4.69) is 6.58 Å². The Morgan fingerprint density at radius 1 is 1.37 bits per heavy atom. The van der Waals surface area contributed by atoms with Crippen LogP contribution in [0.25, 0.3) is 0 Å². The molecule has 0 saturated carbocycles. The number of hydrogen-bond donors (Lipinski definition) is 2. The van der Waals surface area contributed by atoms with Gasteiger partial charge in [-0.1, -0.05) is 13.0 Å². The first-order chi connectivity index (χ1) is 14.2. The van der Waals surface area contributed by atoms with E-state index in [9.17, 15) is 19.8 Å². The van der Waals surface area contributed by atoms with Crippen LogP contribution in [0, 0.1) is 11.8 Å². The molecule has 0 aromatic heterocycles. The molecule has 4 atom stereocenters. The van der Waals surface area contributed by atoms with E-state index in [1.807, 2.05) is 25.1 Å². The number of rotatable bonds is 6. The topological polar surface area (TPSA) is 90.3 Å². The minimum atomic E-state index is -1.27. The average Bonchev–Trinajstić information content (AvgIpc) is 3.09. The van der Waals surface area contributed by atoms with E-state index in [4.69, 9.17) is 4.74 Å². The molecule has 3 heterocycles. The number of carbonyl (C=O) groups excluding carboxylic acids is 2. The molecule has 7 nitrogen and oxygen atoms in total. The third-order valence-corrected chi connectivity index (χ3v) is 6.85. The van der Waals surface area contributed by atoms with E-state index in [1.54, 1.807) is 29.7 Å². The highest BCUT2D eigenvalue weighted by atomic mass is 16.5. The van der Waals surface area contributed by atoms with Gasteiger partial charge in [0.05, 0.1) is 17.4 Å². The summed E-state index contributed by atoms with van der Waals surface area (Å²) in [7, 11) is 0. The number of benzene rings is 1. The molecule has 4 rings (SSSR count). The van der Waals surface area contributed by atoms with Crippen LogP contribution in [0.4, 0.5) is 11.4 Å². The molecule has 7 heteroatoms. The van der Waals surface area contributed by atoms with Gasteiger partial charge in [-0.05, 0) is 38.5 Å². The Kier molecular flexibility index (Phi) is 5.03. The number of aliphatic hydroxyl groups excluding tert-OH is 1. The maximum Gasteiger partial charge on any atom is 0.264 e. The molecule has 3 aliphatic heterocycles. The van der Waals surface area contributed by atoms with Crippen LogP contribution in [0.15, 0.2) is 30.9 Å². The summed E-state index contributed by atoms with van der Waals surface area (Å²) in [6, 6.07) is 5.60. The van der Waals surface area contributed by atoms with Crippen molar-refractivity contribution < 1.29 is 24.5 Å². The molecule has 0 radical (unpaired) electrons. The Labute approximate surface area is 176 Å². The van der Waals surface area contributed by atoms with Crippen LogP contribution in [0.5, 0.6) is 0 Å². The van der Waals surface area contributed by atoms with Gasteiger partial charge in [0.1, 0.15) is 0 Å². The van der Waals surface area contributed by atoms with Gasteiger partial charge in [0.15, 0.2) is 5.60 Å². The molecule has 0 aliphatic carbocycles. The average molecular weight is 415 g/mol. The number of amides is 2. The lowest BCUT2D eigenvalue weighted by Crippen LogP contribution is -2.46. The maximum absolute atomic E-state index is 13.8. The van der Waals surface area contributed by atoms with Crippen LogP contribution in [0.2, 0.25) is 0 Å². The fourth-order valence-electron chi connectivity index (χ4n) is 5.53. The van der Waals surface area contributed by atoms with E-state index in [-0.39, 0.29) is 30.3 Å². The third-order valence-electron chi connectivity index (χ3n) is 6.85. The quantitative estimate of drug-likeness (QED) is 0.549. The summed E-state index contributed by atoms with van der Waals surface area (Å²) < 4.78 is 6.48. The molecule has 1 aromatic rings. The fraction of sp³-hybridized carbons (Fsp3) is 0.565. The molecule has 0 bridgehead atoms. The molecule has 30 heavy (non-hydrogen) atoms. The number of hydrogen-bond acceptors (Lipinski definition) is 5. The standard InChI is InChI=1S/C23H30N2O5/c1-5-10-25-17-7-6-15(24-11-8-19(24)27)13-16(17)23(21(25)28)14(2)20(22(3,4)29)18(30-23)9-12-26/h5-7,13-14,18,20,26,29H,1,8-12H2,2-4H3/t14-,18+,20-,23+/m0/s1. The number of aliphatic hydroxyl groups is 2. The van der Waals surface area contributed by atoms with Crippen molar-refractivity contribution in [1.29, 1.82) is 0 Å². The van der Waals surface area contributed by atoms with Crippen molar-refractivity contribution in [1.82, 2.24) is 0 Å². The molecule has 1 aromatic carbocycles. The monoisotopic (exact) mass is 414 g/mol. The third kappa shape index (κ3) is 2.83. The molecule has 1 spiro atoms. The number of ether oxygens (including phenoxy) is 1. The number of anilines is 2. The van der Waals surface area contributed by atoms with E-state index >= 15 is 0 Å². The molecule has 2 saturated heterocycles. The van der Waals surface area contributed by atoms with Crippen molar-refractivity contribution in [3.05, 3.63) is 36.4 Å². The zero-order chi connectivity index (χ0) is 21.8. The summed E-state index contributed by atoms with van der Waals surface area (Å²) in [5.74, 6) is -0.812.